The van der Waals surface area contributed by atoms with Crippen LogP contribution in [0.5, 0.6) is 0 Å². The van der Waals surface area contributed by atoms with Crippen molar-refractivity contribution in [2.45, 2.75) is 19.5 Å². The first-order valence-corrected chi connectivity index (χ1v) is 7.85. The number of para-hydroxylation sites is 1. The fraction of sp³-hybridized carbons (Fsp3) is 0.167. The normalized spacial score (nSPS) is 12.3. The number of hydrogen-bond donors (Lipinski definition) is 2. The van der Waals surface area contributed by atoms with Crippen LogP contribution >= 0.6 is 0 Å². The largest absolute Gasteiger partial charge is 0.433 e. The number of fused-ring (bicyclic) bond motifs is 2. The Kier molecular flexibility index (Phi) is 3.28. The van der Waals surface area contributed by atoms with Crippen LogP contribution in [-0.4, -0.2) is 14.5 Å². The minimum Gasteiger partial charge on any atom is -0.383 e. The second-order valence-electron chi connectivity index (χ2n) is 5.87. The number of aromatic amines is 1. The summed E-state index contributed by atoms with van der Waals surface area (Å²) in [6.45, 7) is 1.89. The molecule has 3 aromatic heterocycles. The van der Waals surface area contributed by atoms with Crippen molar-refractivity contribution in [2.75, 3.05) is 5.73 Å². The molecule has 0 bridgehead atoms. The summed E-state index contributed by atoms with van der Waals surface area (Å²) >= 11 is 0. The molecule has 0 spiro atoms. The lowest BCUT2D eigenvalue weighted by Crippen LogP contribution is -2.07. The Balaban J connectivity index is 2.04. The summed E-state index contributed by atoms with van der Waals surface area (Å²) in [5, 5.41) is 0.902. The SMILES string of the molecule is CCc1cn(-c2c(N)[nH]c3ccccc23)c2ccc(C(F)(F)F)nc12. The van der Waals surface area contributed by atoms with Crippen LogP contribution in [0.3, 0.4) is 0 Å². The molecule has 0 radical (unpaired) electrons. The smallest absolute Gasteiger partial charge is 0.383 e. The maximum absolute atomic E-state index is 13.0. The first kappa shape index (κ1) is 15.6. The molecule has 3 N–H and O–H groups in total. The molecule has 0 aliphatic heterocycles. The van der Waals surface area contributed by atoms with Gasteiger partial charge in [0.05, 0.1) is 16.7 Å². The summed E-state index contributed by atoms with van der Waals surface area (Å²) in [5.41, 5.74) is 8.54. The fourth-order valence-corrected chi connectivity index (χ4v) is 3.18. The number of halogens is 3. The van der Waals surface area contributed by atoms with E-state index in [2.05, 4.69) is 9.97 Å². The van der Waals surface area contributed by atoms with Gasteiger partial charge in [0.2, 0.25) is 0 Å². The lowest BCUT2D eigenvalue weighted by molar-refractivity contribution is -0.140. The van der Waals surface area contributed by atoms with E-state index in [1.165, 1.54) is 6.07 Å². The van der Waals surface area contributed by atoms with Crippen molar-refractivity contribution in [3.05, 3.63) is 53.9 Å². The van der Waals surface area contributed by atoms with Gasteiger partial charge in [-0.1, -0.05) is 25.1 Å². The van der Waals surface area contributed by atoms with Crippen LogP contribution < -0.4 is 5.73 Å². The zero-order valence-electron chi connectivity index (χ0n) is 13.4. The van der Waals surface area contributed by atoms with Crippen molar-refractivity contribution >= 4 is 27.8 Å². The van der Waals surface area contributed by atoms with E-state index in [1.54, 1.807) is 0 Å². The summed E-state index contributed by atoms with van der Waals surface area (Å²) < 4.78 is 40.8. The summed E-state index contributed by atoms with van der Waals surface area (Å²) in [5.74, 6) is 0.459. The molecule has 0 saturated carbocycles. The quantitative estimate of drug-likeness (QED) is 0.555. The van der Waals surface area contributed by atoms with Crippen LogP contribution in [0.15, 0.2) is 42.6 Å². The third kappa shape index (κ3) is 2.34. The lowest BCUT2D eigenvalue weighted by Gasteiger charge is -2.08. The molecule has 0 aliphatic rings. The van der Waals surface area contributed by atoms with E-state index in [9.17, 15) is 13.2 Å². The first-order valence-electron chi connectivity index (χ1n) is 7.85. The van der Waals surface area contributed by atoms with Crippen LogP contribution in [-0.2, 0) is 12.6 Å². The Morgan fingerprint density at radius 1 is 1.16 bits per heavy atom. The molecule has 3 heterocycles. The molecular weight excluding hydrogens is 329 g/mol. The minimum absolute atomic E-state index is 0.349. The highest BCUT2D eigenvalue weighted by molar-refractivity contribution is 5.97. The standard InChI is InChI=1S/C18H15F3N4/c1-2-10-9-25(13-7-8-14(18(19,20)21)24-15(10)13)16-11-5-3-4-6-12(11)23-17(16)22/h3-9,23H,2,22H2,1H3. The summed E-state index contributed by atoms with van der Waals surface area (Å²) in [6.07, 6.45) is -2.09. The highest BCUT2D eigenvalue weighted by atomic mass is 19.4. The summed E-state index contributed by atoms with van der Waals surface area (Å²) in [4.78, 5) is 6.97. The van der Waals surface area contributed by atoms with Crippen molar-refractivity contribution in [1.29, 1.82) is 0 Å². The minimum atomic E-state index is -4.47. The van der Waals surface area contributed by atoms with Crippen LogP contribution in [0, 0.1) is 0 Å². The van der Waals surface area contributed by atoms with Crippen molar-refractivity contribution in [2.24, 2.45) is 0 Å². The summed E-state index contributed by atoms with van der Waals surface area (Å²) in [7, 11) is 0. The number of aryl methyl sites for hydroxylation is 1. The van der Waals surface area contributed by atoms with E-state index in [0.717, 1.165) is 28.2 Å². The highest BCUT2D eigenvalue weighted by Crippen LogP contribution is 2.35. The van der Waals surface area contributed by atoms with Gasteiger partial charge in [0.15, 0.2) is 0 Å². The molecule has 4 aromatic rings. The lowest BCUT2D eigenvalue weighted by atomic mass is 10.2. The van der Waals surface area contributed by atoms with Crippen LogP contribution in [0.1, 0.15) is 18.2 Å². The van der Waals surface area contributed by atoms with Gasteiger partial charge in [0, 0.05) is 17.1 Å². The third-order valence-corrected chi connectivity index (χ3v) is 4.34. The van der Waals surface area contributed by atoms with Crippen molar-refractivity contribution in [3.63, 3.8) is 0 Å². The molecule has 0 amide bonds. The molecule has 4 rings (SSSR count). The van der Waals surface area contributed by atoms with E-state index in [1.807, 2.05) is 42.0 Å². The van der Waals surface area contributed by atoms with Gasteiger partial charge in [0.1, 0.15) is 11.5 Å². The number of nitrogens with zero attached hydrogens (tertiary/aromatic N) is 2. The van der Waals surface area contributed by atoms with Gasteiger partial charge in [-0.25, -0.2) is 4.98 Å². The number of nitrogen functional groups attached to an aromatic ring is 1. The third-order valence-electron chi connectivity index (χ3n) is 4.34. The van der Waals surface area contributed by atoms with Crippen LogP contribution in [0.2, 0.25) is 0 Å². The highest BCUT2D eigenvalue weighted by Gasteiger charge is 2.33. The molecule has 7 heteroatoms. The number of nitrogens with one attached hydrogen (secondary N) is 1. The number of rotatable bonds is 2. The molecular formula is C18H15F3N4. The van der Waals surface area contributed by atoms with Crippen LogP contribution in [0.25, 0.3) is 27.6 Å². The summed E-state index contributed by atoms with van der Waals surface area (Å²) in [6, 6.07) is 10.1. The molecule has 0 atom stereocenters. The monoisotopic (exact) mass is 344 g/mol. The van der Waals surface area contributed by atoms with E-state index in [0.29, 0.717) is 23.3 Å². The second kappa shape index (κ2) is 5.27. The van der Waals surface area contributed by atoms with E-state index < -0.39 is 11.9 Å². The van der Waals surface area contributed by atoms with Gasteiger partial charge < -0.3 is 15.3 Å². The molecule has 0 saturated heterocycles. The van der Waals surface area contributed by atoms with Crippen molar-refractivity contribution < 1.29 is 13.2 Å². The topological polar surface area (TPSA) is 59.6 Å². The number of H-pyrrole nitrogens is 1. The van der Waals surface area contributed by atoms with Gasteiger partial charge in [-0.05, 0) is 30.2 Å². The molecule has 25 heavy (non-hydrogen) atoms. The number of hydrogen-bond acceptors (Lipinski definition) is 2. The number of alkyl halides is 3. The average Bonchev–Trinajstić information content (AvgIpc) is 3.09. The fourth-order valence-electron chi connectivity index (χ4n) is 3.18. The van der Waals surface area contributed by atoms with Gasteiger partial charge >= 0.3 is 6.18 Å². The molecule has 0 fully saturated rings. The molecule has 128 valence electrons. The zero-order valence-corrected chi connectivity index (χ0v) is 13.4. The van der Waals surface area contributed by atoms with Gasteiger partial charge in [-0.15, -0.1) is 0 Å². The number of nitrogens with two attached hydrogens (primary N) is 1. The predicted molar refractivity (Wildman–Crippen MR) is 91.7 cm³/mol. The maximum Gasteiger partial charge on any atom is 0.433 e. The Bertz CT molecular complexity index is 1090. The first-order chi connectivity index (χ1) is 11.9. The molecule has 4 nitrogen and oxygen atoms in total. The predicted octanol–water partition coefficient (Wildman–Crippen LogP) is 4.67. The van der Waals surface area contributed by atoms with Gasteiger partial charge in [-0.3, -0.25) is 0 Å². The number of aromatic nitrogens is 3. The average molecular weight is 344 g/mol. The van der Waals surface area contributed by atoms with Crippen LogP contribution in [0.4, 0.5) is 19.0 Å². The van der Waals surface area contributed by atoms with E-state index in [-0.39, 0.29) is 0 Å². The number of benzene rings is 1. The Morgan fingerprint density at radius 2 is 1.92 bits per heavy atom. The Morgan fingerprint density at radius 3 is 2.64 bits per heavy atom. The molecule has 0 aliphatic carbocycles. The zero-order chi connectivity index (χ0) is 17.8. The van der Waals surface area contributed by atoms with Gasteiger partial charge in [0.25, 0.3) is 0 Å². The molecule has 0 unspecified atom stereocenters. The number of pyridine rings is 1. The number of anilines is 1. The molecule has 1 aromatic carbocycles. The maximum atomic E-state index is 13.0. The van der Waals surface area contributed by atoms with Crippen molar-refractivity contribution in [1.82, 2.24) is 14.5 Å². The van der Waals surface area contributed by atoms with E-state index >= 15 is 0 Å². The van der Waals surface area contributed by atoms with Gasteiger partial charge in [-0.2, -0.15) is 13.2 Å². The Labute approximate surface area is 141 Å². The van der Waals surface area contributed by atoms with E-state index in [4.69, 9.17) is 5.73 Å². The Hall–Kier alpha value is -2.96. The second-order valence-corrected chi connectivity index (χ2v) is 5.87. The van der Waals surface area contributed by atoms with Crippen molar-refractivity contribution in [3.8, 4) is 5.69 Å².